The SMILES string of the molecule is CCOc1ccc(S(=O)(=O)NCC(N)C(C)O)cc1C. The molecule has 0 fully saturated rings. The smallest absolute Gasteiger partial charge is 0.240 e. The van der Waals surface area contributed by atoms with E-state index in [0.717, 1.165) is 5.56 Å². The summed E-state index contributed by atoms with van der Waals surface area (Å²) < 4.78 is 31.9. The number of nitrogens with two attached hydrogens (primary N) is 1. The molecule has 0 bridgehead atoms. The lowest BCUT2D eigenvalue weighted by molar-refractivity contribution is 0.164. The number of sulfonamides is 1. The summed E-state index contributed by atoms with van der Waals surface area (Å²) in [6.45, 7) is 5.66. The van der Waals surface area contributed by atoms with Crippen molar-refractivity contribution in [2.24, 2.45) is 5.73 Å². The first-order valence-corrected chi connectivity index (χ1v) is 7.93. The van der Waals surface area contributed by atoms with Crippen molar-refractivity contribution in [2.45, 2.75) is 37.8 Å². The molecule has 114 valence electrons. The molecule has 4 N–H and O–H groups in total. The first kappa shape index (κ1) is 16.9. The molecule has 1 aromatic carbocycles. The number of hydrogen-bond donors (Lipinski definition) is 3. The van der Waals surface area contributed by atoms with Crippen molar-refractivity contribution in [1.82, 2.24) is 4.72 Å². The maximum Gasteiger partial charge on any atom is 0.240 e. The topological polar surface area (TPSA) is 102 Å². The van der Waals surface area contributed by atoms with E-state index in [2.05, 4.69) is 4.72 Å². The molecule has 0 heterocycles. The Labute approximate surface area is 120 Å². The molecule has 2 atom stereocenters. The number of aliphatic hydroxyl groups excluding tert-OH is 1. The van der Waals surface area contributed by atoms with Crippen molar-refractivity contribution in [3.63, 3.8) is 0 Å². The van der Waals surface area contributed by atoms with E-state index < -0.39 is 22.2 Å². The molecule has 2 unspecified atom stereocenters. The number of aryl methyl sites for hydroxylation is 1. The molecule has 6 nitrogen and oxygen atoms in total. The van der Waals surface area contributed by atoms with Gasteiger partial charge in [0.05, 0.1) is 17.6 Å². The number of nitrogens with one attached hydrogen (secondary N) is 1. The van der Waals surface area contributed by atoms with Crippen molar-refractivity contribution in [2.75, 3.05) is 13.2 Å². The van der Waals surface area contributed by atoms with Crippen LogP contribution in [-0.4, -0.2) is 38.8 Å². The molecule has 0 saturated carbocycles. The molecule has 0 aromatic heterocycles. The predicted octanol–water partition coefficient (Wildman–Crippen LogP) is 0.380. The van der Waals surface area contributed by atoms with Crippen LogP contribution in [0.2, 0.25) is 0 Å². The summed E-state index contributed by atoms with van der Waals surface area (Å²) >= 11 is 0. The second-order valence-corrected chi connectivity index (χ2v) is 6.38. The zero-order chi connectivity index (χ0) is 15.3. The van der Waals surface area contributed by atoms with Crippen LogP contribution in [0, 0.1) is 6.92 Å². The van der Waals surface area contributed by atoms with Crippen LogP contribution in [0.1, 0.15) is 19.4 Å². The normalized spacial score (nSPS) is 14.8. The van der Waals surface area contributed by atoms with E-state index in [1.54, 1.807) is 19.1 Å². The van der Waals surface area contributed by atoms with E-state index in [0.29, 0.717) is 12.4 Å². The molecule has 0 saturated heterocycles. The fraction of sp³-hybridized carbons (Fsp3) is 0.538. The summed E-state index contributed by atoms with van der Waals surface area (Å²) in [7, 11) is -3.64. The fourth-order valence-electron chi connectivity index (χ4n) is 1.57. The lowest BCUT2D eigenvalue weighted by Gasteiger charge is -2.16. The number of aliphatic hydroxyl groups is 1. The van der Waals surface area contributed by atoms with Crippen molar-refractivity contribution in [3.8, 4) is 5.75 Å². The van der Waals surface area contributed by atoms with Crippen molar-refractivity contribution in [3.05, 3.63) is 23.8 Å². The number of ether oxygens (including phenoxy) is 1. The van der Waals surface area contributed by atoms with Crippen molar-refractivity contribution < 1.29 is 18.3 Å². The largest absolute Gasteiger partial charge is 0.494 e. The summed E-state index contributed by atoms with van der Waals surface area (Å²) in [5, 5.41) is 9.25. The summed E-state index contributed by atoms with van der Waals surface area (Å²) in [4.78, 5) is 0.149. The monoisotopic (exact) mass is 302 g/mol. The highest BCUT2D eigenvalue weighted by atomic mass is 32.2. The third-order valence-electron chi connectivity index (χ3n) is 2.89. The van der Waals surface area contributed by atoms with Gasteiger partial charge in [0.15, 0.2) is 0 Å². The number of benzene rings is 1. The number of hydrogen-bond acceptors (Lipinski definition) is 5. The van der Waals surface area contributed by atoms with Gasteiger partial charge in [0.2, 0.25) is 10.0 Å². The Morgan fingerprint density at radius 3 is 2.60 bits per heavy atom. The van der Waals surface area contributed by atoms with Crippen LogP contribution in [-0.2, 0) is 10.0 Å². The first-order chi connectivity index (χ1) is 9.27. The molecule has 7 heteroatoms. The average molecular weight is 302 g/mol. The molecule has 0 radical (unpaired) electrons. The van der Waals surface area contributed by atoms with Crippen LogP contribution in [0.3, 0.4) is 0 Å². The third kappa shape index (κ3) is 4.45. The molecule has 1 aromatic rings. The van der Waals surface area contributed by atoms with Crippen LogP contribution in [0.15, 0.2) is 23.1 Å². The first-order valence-electron chi connectivity index (χ1n) is 6.44. The van der Waals surface area contributed by atoms with Crippen molar-refractivity contribution >= 4 is 10.0 Å². The molecule has 0 aliphatic rings. The highest BCUT2D eigenvalue weighted by molar-refractivity contribution is 7.89. The summed E-state index contributed by atoms with van der Waals surface area (Å²) in [5.41, 5.74) is 6.34. The maximum atomic E-state index is 12.1. The van der Waals surface area contributed by atoms with Crippen LogP contribution in [0.25, 0.3) is 0 Å². The Kier molecular flexibility index (Phi) is 5.94. The van der Waals surface area contributed by atoms with Gasteiger partial charge in [-0.1, -0.05) is 0 Å². The Hall–Kier alpha value is -1.15. The predicted molar refractivity (Wildman–Crippen MR) is 77.2 cm³/mol. The zero-order valence-corrected chi connectivity index (χ0v) is 12.8. The summed E-state index contributed by atoms with van der Waals surface area (Å²) in [6, 6.07) is 4.01. The molecule has 20 heavy (non-hydrogen) atoms. The molecular weight excluding hydrogens is 280 g/mol. The lowest BCUT2D eigenvalue weighted by Crippen LogP contribution is -2.43. The molecule has 0 aliphatic carbocycles. The zero-order valence-electron chi connectivity index (χ0n) is 12.0. The Balaban J connectivity index is 2.85. The van der Waals surface area contributed by atoms with Crippen LogP contribution < -0.4 is 15.2 Å². The van der Waals surface area contributed by atoms with Gasteiger partial charge >= 0.3 is 0 Å². The van der Waals surface area contributed by atoms with Gasteiger partial charge in [0.1, 0.15) is 5.75 Å². The molecule has 0 spiro atoms. The van der Waals surface area contributed by atoms with Gasteiger partial charge in [-0.15, -0.1) is 0 Å². The summed E-state index contributed by atoms with van der Waals surface area (Å²) in [6.07, 6.45) is -0.778. The number of rotatable bonds is 7. The minimum atomic E-state index is -3.64. The van der Waals surface area contributed by atoms with Gasteiger partial charge < -0.3 is 15.6 Å². The standard InChI is InChI=1S/C13H22N2O4S/c1-4-19-13-6-5-11(7-9(13)2)20(17,18)15-8-12(14)10(3)16/h5-7,10,12,15-16H,4,8,14H2,1-3H3. The van der Waals surface area contributed by atoms with Crippen LogP contribution in [0.4, 0.5) is 0 Å². The van der Waals surface area contributed by atoms with E-state index in [1.807, 2.05) is 6.92 Å². The van der Waals surface area contributed by atoms with Gasteiger partial charge in [-0.05, 0) is 44.5 Å². The van der Waals surface area contributed by atoms with Gasteiger partial charge in [0, 0.05) is 12.6 Å². The highest BCUT2D eigenvalue weighted by Gasteiger charge is 2.18. The molecule has 0 amide bonds. The average Bonchev–Trinajstić information content (AvgIpc) is 2.38. The second-order valence-electron chi connectivity index (χ2n) is 4.62. The minimum Gasteiger partial charge on any atom is -0.494 e. The lowest BCUT2D eigenvalue weighted by atomic mass is 10.2. The Morgan fingerprint density at radius 2 is 2.10 bits per heavy atom. The quantitative estimate of drug-likeness (QED) is 0.676. The second kappa shape index (κ2) is 7.03. The summed E-state index contributed by atoms with van der Waals surface area (Å²) in [5.74, 6) is 0.659. The maximum absolute atomic E-state index is 12.1. The third-order valence-corrected chi connectivity index (χ3v) is 4.31. The van der Waals surface area contributed by atoms with Crippen LogP contribution >= 0.6 is 0 Å². The van der Waals surface area contributed by atoms with E-state index in [9.17, 15) is 13.5 Å². The Morgan fingerprint density at radius 1 is 1.45 bits per heavy atom. The van der Waals surface area contributed by atoms with Crippen LogP contribution in [0.5, 0.6) is 5.75 Å². The highest BCUT2D eigenvalue weighted by Crippen LogP contribution is 2.21. The minimum absolute atomic E-state index is 0.0216. The van der Waals surface area contributed by atoms with E-state index in [4.69, 9.17) is 10.5 Å². The van der Waals surface area contributed by atoms with E-state index in [-0.39, 0.29) is 11.4 Å². The van der Waals surface area contributed by atoms with Gasteiger partial charge in [-0.25, -0.2) is 13.1 Å². The van der Waals surface area contributed by atoms with Crippen molar-refractivity contribution in [1.29, 1.82) is 0 Å². The van der Waals surface area contributed by atoms with Gasteiger partial charge in [0.25, 0.3) is 0 Å². The van der Waals surface area contributed by atoms with Gasteiger partial charge in [-0.2, -0.15) is 0 Å². The van der Waals surface area contributed by atoms with E-state index in [1.165, 1.54) is 13.0 Å². The van der Waals surface area contributed by atoms with E-state index >= 15 is 0 Å². The molecule has 1 rings (SSSR count). The molecule has 0 aliphatic heterocycles. The Bertz CT molecular complexity index is 543. The fourth-order valence-corrected chi connectivity index (χ4v) is 2.72. The van der Waals surface area contributed by atoms with Gasteiger partial charge in [-0.3, -0.25) is 0 Å². The molecular formula is C13H22N2O4S.